The number of nitrogens with one attached hydrogen (secondary N) is 2. The molecule has 6 nitrogen and oxygen atoms in total. The molecule has 0 spiro atoms. The van der Waals surface area contributed by atoms with E-state index in [4.69, 9.17) is 9.98 Å². The maximum atomic E-state index is 5.18. The molecule has 3 aromatic heterocycles. The van der Waals surface area contributed by atoms with Crippen LogP contribution in [0.1, 0.15) is 39.2 Å². The lowest BCUT2D eigenvalue weighted by molar-refractivity contribution is 0.253. The average Bonchev–Trinajstić information content (AvgIpc) is 3.24. The van der Waals surface area contributed by atoms with Crippen LogP contribution in [0.4, 0.5) is 5.82 Å². The van der Waals surface area contributed by atoms with E-state index >= 15 is 0 Å². The molecule has 1 aliphatic carbocycles. The Bertz CT molecular complexity index is 1200. The number of rotatable bonds is 4. The summed E-state index contributed by atoms with van der Waals surface area (Å²) in [6, 6.07) is 4.01. The lowest BCUT2D eigenvalue weighted by Crippen LogP contribution is -2.51. The number of thiophene rings is 1. The number of fused-ring (bicyclic) bond motifs is 4. The first-order valence-electron chi connectivity index (χ1n) is 10.1. The van der Waals surface area contributed by atoms with Crippen LogP contribution < -0.4 is 20.5 Å². The molecule has 1 fully saturated rings. The number of anilines is 1. The normalized spacial score (nSPS) is 24.8. The molecule has 1 saturated carbocycles. The van der Waals surface area contributed by atoms with E-state index in [1.807, 2.05) is 19.3 Å². The maximum absolute atomic E-state index is 5.18. The summed E-state index contributed by atoms with van der Waals surface area (Å²) in [5.41, 5.74) is 3.67. The summed E-state index contributed by atoms with van der Waals surface area (Å²) in [5.74, 6) is 1.27. The number of nitrogens with zero attached hydrogens (tertiary/aromatic N) is 4. The molecule has 0 aromatic carbocycles. The second kappa shape index (κ2) is 6.57. The van der Waals surface area contributed by atoms with Gasteiger partial charge in [0.1, 0.15) is 22.5 Å². The van der Waals surface area contributed by atoms with Gasteiger partial charge in [-0.3, -0.25) is 15.3 Å². The van der Waals surface area contributed by atoms with Crippen LogP contribution in [0.3, 0.4) is 0 Å². The fourth-order valence-corrected chi connectivity index (χ4v) is 6.02. The highest BCUT2D eigenvalue weighted by Crippen LogP contribution is 2.50. The summed E-state index contributed by atoms with van der Waals surface area (Å²) in [4.78, 5) is 18.6. The van der Waals surface area contributed by atoms with E-state index in [0.29, 0.717) is 12.5 Å². The molecule has 0 amide bonds. The molecule has 4 heterocycles. The monoisotopic (exact) mass is 406 g/mol. The highest BCUT2D eigenvalue weighted by atomic mass is 32.1. The smallest absolute Gasteiger partial charge is 0.147 e. The van der Waals surface area contributed by atoms with Gasteiger partial charge in [-0.2, -0.15) is 0 Å². The molecular weight excluding hydrogens is 380 g/mol. The Labute approximate surface area is 174 Å². The number of pyridine rings is 1. The molecule has 0 saturated heterocycles. The van der Waals surface area contributed by atoms with E-state index < -0.39 is 0 Å². The van der Waals surface area contributed by atoms with Gasteiger partial charge in [-0.15, -0.1) is 11.3 Å². The van der Waals surface area contributed by atoms with E-state index in [-0.39, 0.29) is 11.1 Å². The fraction of sp³-hybridized carbons (Fsp3) is 0.455. The van der Waals surface area contributed by atoms with Gasteiger partial charge >= 0.3 is 0 Å². The molecule has 0 bridgehead atoms. The molecule has 2 N–H and O–H groups in total. The van der Waals surface area contributed by atoms with Crippen LogP contribution in [0.15, 0.2) is 35.8 Å². The summed E-state index contributed by atoms with van der Waals surface area (Å²) in [6.07, 6.45) is 7.56. The Morgan fingerprint density at radius 1 is 1.24 bits per heavy atom. The van der Waals surface area contributed by atoms with Crippen LogP contribution >= 0.6 is 11.3 Å². The predicted molar refractivity (Wildman–Crippen MR) is 117 cm³/mol. The second-order valence-corrected chi connectivity index (χ2v) is 10.0. The summed E-state index contributed by atoms with van der Waals surface area (Å²) < 4.78 is 2.16. The number of aromatic nitrogens is 3. The van der Waals surface area contributed by atoms with Gasteiger partial charge in [0.15, 0.2) is 0 Å². The zero-order chi connectivity index (χ0) is 20.2. The first-order valence-corrected chi connectivity index (χ1v) is 10.9. The third-order valence-electron chi connectivity index (χ3n) is 6.32. The van der Waals surface area contributed by atoms with Crippen molar-refractivity contribution >= 4 is 32.9 Å². The molecule has 2 unspecified atom stereocenters. The second-order valence-electron chi connectivity index (χ2n) is 9.03. The van der Waals surface area contributed by atoms with Crippen LogP contribution in [0.25, 0.3) is 15.8 Å². The minimum Gasteiger partial charge on any atom is -0.365 e. The minimum atomic E-state index is -0.270. The molecule has 1 aliphatic heterocycles. The first kappa shape index (κ1) is 18.6. The molecule has 2 atom stereocenters. The van der Waals surface area contributed by atoms with Crippen LogP contribution in [0, 0.1) is 11.3 Å². The van der Waals surface area contributed by atoms with Crippen molar-refractivity contribution in [2.45, 2.75) is 45.8 Å². The van der Waals surface area contributed by atoms with Crippen molar-refractivity contribution in [3.63, 3.8) is 0 Å². The molecule has 2 aliphatic rings. The van der Waals surface area contributed by atoms with Gasteiger partial charge in [-0.1, -0.05) is 25.5 Å². The van der Waals surface area contributed by atoms with E-state index in [1.165, 1.54) is 10.8 Å². The zero-order valence-corrected chi connectivity index (χ0v) is 18.1. The van der Waals surface area contributed by atoms with Gasteiger partial charge in [-0.25, -0.2) is 9.97 Å². The van der Waals surface area contributed by atoms with Crippen molar-refractivity contribution in [1.29, 1.82) is 0 Å². The highest BCUT2D eigenvalue weighted by Gasteiger charge is 2.47. The third-order valence-corrected chi connectivity index (χ3v) is 7.40. The molecule has 3 aromatic rings. The van der Waals surface area contributed by atoms with E-state index in [2.05, 4.69) is 47.4 Å². The van der Waals surface area contributed by atoms with Crippen molar-refractivity contribution < 1.29 is 0 Å². The van der Waals surface area contributed by atoms with Gasteiger partial charge in [-0.05, 0) is 43.9 Å². The lowest BCUT2D eigenvalue weighted by Gasteiger charge is -2.34. The Morgan fingerprint density at radius 3 is 2.86 bits per heavy atom. The summed E-state index contributed by atoms with van der Waals surface area (Å²) >= 11 is 1.70. The minimum absolute atomic E-state index is 0.270. The van der Waals surface area contributed by atoms with Crippen molar-refractivity contribution in [2.24, 2.45) is 16.3 Å². The molecule has 150 valence electrons. The largest absolute Gasteiger partial charge is 0.365 e. The summed E-state index contributed by atoms with van der Waals surface area (Å²) in [5, 5.41) is 8.22. The maximum Gasteiger partial charge on any atom is 0.147 e. The van der Waals surface area contributed by atoms with Crippen molar-refractivity contribution in [1.82, 2.24) is 20.3 Å². The van der Waals surface area contributed by atoms with Gasteiger partial charge in [0.05, 0.1) is 10.2 Å². The number of hydrogen-bond donors (Lipinski definition) is 2. The SMILES string of the molecule is CNC1(C)N=c2sc3c(NCc4cccnc4)ncnc3c2=C2CC(C)(C)CC21. The van der Waals surface area contributed by atoms with Crippen LogP contribution in [-0.2, 0) is 6.54 Å². The molecule has 0 radical (unpaired) electrons. The van der Waals surface area contributed by atoms with Gasteiger partial charge in [0.25, 0.3) is 0 Å². The fourth-order valence-electron chi connectivity index (χ4n) is 4.79. The zero-order valence-electron chi connectivity index (χ0n) is 17.3. The Balaban J connectivity index is 1.67. The highest BCUT2D eigenvalue weighted by molar-refractivity contribution is 7.17. The lowest BCUT2D eigenvalue weighted by atomic mass is 9.85. The third kappa shape index (κ3) is 3.04. The summed E-state index contributed by atoms with van der Waals surface area (Å²) in [6.45, 7) is 7.62. The Kier molecular flexibility index (Phi) is 4.22. The molecule has 29 heavy (non-hydrogen) atoms. The standard InChI is InChI=1S/C22H26N6S/c1-21(2)8-14-15(9-21)22(3,23-4)28-20-16(14)17-18(29-20)19(27-12-26-17)25-11-13-6-5-7-24-10-13/h5-7,10,12,15,23H,8-9,11H2,1-4H3,(H,25,26,27). The van der Waals surface area contributed by atoms with Crippen LogP contribution in [0.5, 0.6) is 0 Å². The molecular formula is C22H26N6S. The molecule has 7 heteroatoms. The topological polar surface area (TPSA) is 75.1 Å². The van der Waals surface area contributed by atoms with Gasteiger partial charge < -0.3 is 5.32 Å². The first-order chi connectivity index (χ1) is 13.9. The van der Waals surface area contributed by atoms with E-state index in [1.54, 1.807) is 23.9 Å². The molecule has 5 rings (SSSR count). The van der Waals surface area contributed by atoms with Crippen LogP contribution in [0.2, 0.25) is 0 Å². The van der Waals surface area contributed by atoms with Crippen molar-refractivity contribution in [3.8, 4) is 0 Å². The van der Waals surface area contributed by atoms with E-state index in [9.17, 15) is 0 Å². The average molecular weight is 407 g/mol. The predicted octanol–water partition coefficient (Wildman–Crippen LogP) is 2.85. The van der Waals surface area contributed by atoms with Gasteiger partial charge in [0.2, 0.25) is 0 Å². The number of hydrogen-bond acceptors (Lipinski definition) is 7. The van der Waals surface area contributed by atoms with Crippen molar-refractivity contribution in [3.05, 3.63) is 46.3 Å². The Morgan fingerprint density at radius 2 is 2.10 bits per heavy atom. The summed E-state index contributed by atoms with van der Waals surface area (Å²) in [7, 11) is 2.02. The van der Waals surface area contributed by atoms with E-state index in [0.717, 1.165) is 39.1 Å². The van der Waals surface area contributed by atoms with Gasteiger partial charge in [0, 0.05) is 30.1 Å². The quantitative estimate of drug-likeness (QED) is 0.697. The Hall–Kier alpha value is -2.38. The van der Waals surface area contributed by atoms with Crippen LogP contribution in [-0.4, -0.2) is 27.7 Å². The van der Waals surface area contributed by atoms with Crippen molar-refractivity contribution in [2.75, 3.05) is 12.4 Å².